The molecule has 2 nitrogen and oxygen atoms in total. The lowest BCUT2D eigenvalue weighted by Gasteiger charge is -2.08. The van der Waals surface area contributed by atoms with Gasteiger partial charge in [0.15, 0.2) is 5.78 Å². The lowest BCUT2D eigenvalue weighted by Crippen LogP contribution is -2.07. The van der Waals surface area contributed by atoms with Crippen LogP contribution in [0.3, 0.4) is 0 Å². The van der Waals surface area contributed by atoms with Crippen LogP contribution in [0.5, 0.6) is 0 Å². The van der Waals surface area contributed by atoms with Crippen LogP contribution < -0.4 is 0 Å². The van der Waals surface area contributed by atoms with Crippen molar-refractivity contribution in [3.05, 3.63) is 23.0 Å². The van der Waals surface area contributed by atoms with Crippen molar-refractivity contribution in [2.24, 2.45) is 11.8 Å². The van der Waals surface area contributed by atoms with E-state index in [1.807, 2.05) is 13.0 Å². The summed E-state index contributed by atoms with van der Waals surface area (Å²) in [7, 11) is 0. The maximum absolute atomic E-state index is 11.6. The fourth-order valence-electron chi connectivity index (χ4n) is 2.32. The zero-order chi connectivity index (χ0) is 11.9. The normalized spacial score (nSPS) is 23.5. The second-order valence-corrected chi connectivity index (χ2v) is 5.19. The fourth-order valence-corrected chi connectivity index (χ4v) is 2.47. The minimum Gasteiger partial charge on any atom is -0.348 e. The van der Waals surface area contributed by atoms with Crippen molar-refractivity contribution in [2.75, 3.05) is 5.88 Å². The highest BCUT2D eigenvalue weighted by Crippen LogP contribution is 2.39. The van der Waals surface area contributed by atoms with Crippen molar-refractivity contribution < 1.29 is 4.79 Å². The molecule has 2 atom stereocenters. The van der Waals surface area contributed by atoms with E-state index >= 15 is 0 Å². The zero-order valence-electron chi connectivity index (χ0n) is 10.1. The Morgan fingerprint density at radius 2 is 2.19 bits per heavy atom. The number of hydrogen-bond donors (Lipinski definition) is 0. The van der Waals surface area contributed by atoms with E-state index in [4.69, 9.17) is 11.6 Å². The van der Waals surface area contributed by atoms with Crippen LogP contribution in [0.2, 0.25) is 0 Å². The first-order chi connectivity index (χ1) is 7.54. The Morgan fingerprint density at radius 3 is 2.69 bits per heavy atom. The molecule has 0 amide bonds. The number of alkyl halides is 1. The van der Waals surface area contributed by atoms with Gasteiger partial charge in [-0.05, 0) is 38.2 Å². The number of nitrogens with zero attached hydrogens (tertiary/aromatic N) is 1. The third-order valence-corrected chi connectivity index (χ3v) is 3.93. The van der Waals surface area contributed by atoms with Gasteiger partial charge in [0, 0.05) is 23.5 Å². The zero-order valence-corrected chi connectivity index (χ0v) is 10.8. The van der Waals surface area contributed by atoms with Crippen molar-refractivity contribution in [3.8, 4) is 0 Å². The maximum Gasteiger partial charge on any atom is 0.179 e. The number of rotatable bonds is 4. The molecule has 0 aromatic carbocycles. The Kier molecular flexibility index (Phi) is 3.11. The number of aryl methyl sites for hydroxylation is 1. The molecule has 1 saturated carbocycles. The molecule has 0 radical (unpaired) electrons. The molecule has 3 heteroatoms. The first kappa shape index (κ1) is 11.7. The SMILES string of the molecule is Cc1cc(C(=O)CCl)c(C)n1CC1CC1C. The number of carbonyl (C=O) groups is 1. The summed E-state index contributed by atoms with van der Waals surface area (Å²) in [4.78, 5) is 11.6. The molecule has 16 heavy (non-hydrogen) atoms. The summed E-state index contributed by atoms with van der Waals surface area (Å²) in [6.45, 7) is 7.41. The second-order valence-electron chi connectivity index (χ2n) is 4.93. The summed E-state index contributed by atoms with van der Waals surface area (Å²) in [5.41, 5.74) is 3.04. The molecule has 1 aromatic rings. The lowest BCUT2D eigenvalue weighted by molar-refractivity contribution is 0.102. The molecule has 2 rings (SSSR count). The lowest BCUT2D eigenvalue weighted by atomic mass is 10.2. The number of hydrogen-bond acceptors (Lipinski definition) is 1. The maximum atomic E-state index is 11.6. The predicted octanol–water partition coefficient (Wildman–Crippen LogP) is 3.18. The van der Waals surface area contributed by atoms with Crippen LogP contribution in [0.1, 0.15) is 35.1 Å². The van der Waals surface area contributed by atoms with Gasteiger partial charge in [-0.25, -0.2) is 0 Å². The molecule has 0 N–H and O–H groups in total. The Balaban J connectivity index is 2.24. The largest absolute Gasteiger partial charge is 0.348 e. The number of aromatic nitrogens is 1. The minimum atomic E-state index is 0.0323. The third-order valence-electron chi connectivity index (χ3n) is 3.69. The number of carbonyl (C=O) groups excluding carboxylic acids is 1. The van der Waals surface area contributed by atoms with Crippen molar-refractivity contribution >= 4 is 17.4 Å². The quantitative estimate of drug-likeness (QED) is 0.584. The summed E-state index contributed by atoms with van der Waals surface area (Å²) in [5, 5.41) is 0. The third kappa shape index (κ3) is 2.03. The highest BCUT2D eigenvalue weighted by Gasteiger charge is 2.33. The standard InChI is InChI=1S/C13H18ClNO/c1-8-4-11(8)7-15-9(2)5-12(10(15)3)13(16)6-14/h5,8,11H,4,6-7H2,1-3H3. The van der Waals surface area contributed by atoms with Gasteiger partial charge in [-0.2, -0.15) is 0 Å². The number of Topliss-reactive ketones (excluding diaryl/α,β-unsaturated/α-hetero) is 1. The van der Waals surface area contributed by atoms with E-state index in [0.29, 0.717) is 0 Å². The first-order valence-corrected chi connectivity index (χ1v) is 6.34. The van der Waals surface area contributed by atoms with Crippen LogP contribution in [-0.4, -0.2) is 16.2 Å². The van der Waals surface area contributed by atoms with Gasteiger partial charge in [-0.3, -0.25) is 4.79 Å². The van der Waals surface area contributed by atoms with Crippen LogP contribution in [0.15, 0.2) is 6.07 Å². The average Bonchev–Trinajstić information content (AvgIpc) is 2.88. The molecular formula is C13H18ClNO. The van der Waals surface area contributed by atoms with Crippen LogP contribution in [0.25, 0.3) is 0 Å². The van der Waals surface area contributed by atoms with Crippen LogP contribution >= 0.6 is 11.6 Å². The summed E-state index contributed by atoms with van der Waals surface area (Å²) in [6, 6.07) is 1.97. The Hall–Kier alpha value is -0.760. The van der Waals surface area contributed by atoms with Gasteiger partial charge in [0.2, 0.25) is 0 Å². The van der Waals surface area contributed by atoms with E-state index in [1.165, 1.54) is 12.1 Å². The molecule has 1 heterocycles. The summed E-state index contributed by atoms with van der Waals surface area (Å²) in [5.74, 6) is 1.74. The van der Waals surface area contributed by atoms with Gasteiger partial charge in [0.25, 0.3) is 0 Å². The van der Waals surface area contributed by atoms with E-state index in [-0.39, 0.29) is 11.7 Å². The molecule has 0 bridgehead atoms. The van der Waals surface area contributed by atoms with Crippen LogP contribution in [0.4, 0.5) is 0 Å². The average molecular weight is 240 g/mol. The van der Waals surface area contributed by atoms with Gasteiger partial charge in [-0.15, -0.1) is 11.6 Å². The highest BCUT2D eigenvalue weighted by molar-refractivity contribution is 6.30. The molecule has 0 spiro atoms. The smallest absolute Gasteiger partial charge is 0.179 e. The molecule has 0 saturated heterocycles. The van der Waals surface area contributed by atoms with Gasteiger partial charge in [0.05, 0.1) is 5.88 Å². The van der Waals surface area contributed by atoms with Gasteiger partial charge < -0.3 is 4.57 Å². The van der Waals surface area contributed by atoms with E-state index in [9.17, 15) is 4.79 Å². The Morgan fingerprint density at radius 1 is 1.56 bits per heavy atom. The fraction of sp³-hybridized carbons (Fsp3) is 0.615. The summed E-state index contributed by atoms with van der Waals surface area (Å²) in [6.07, 6.45) is 1.32. The van der Waals surface area contributed by atoms with E-state index < -0.39 is 0 Å². The Bertz CT molecular complexity index is 422. The van der Waals surface area contributed by atoms with Crippen molar-refractivity contribution in [1.29, 1.82) is 0 Å². The molecule has 1 aromatic heterocycles. The molecule has 2 unspecified atom stereocenters. The Labute approximate surface area is 102 Å². The van der Waals surface area contributed by atoms with Gasteiger partial charge >= 0.3 is 0 Å². The van der Waals surface area contributed by atoms with Crippen molar-refractivity contribution in [1.82, 2.24) is 4.57 Å². The number of halogens is 1. The van der Waals surface area contributed by atoms with E-state index in [1.54, 1.807) is 0 Å². The topological polar surface area (TPSA) is 22.0 Å². The molecule has 1 aliphatic rings. The molecule has 88 valence electrons. The van der Waals surface area contributed by atoms with E-state index in [0.717, 1.165) is 29.6 Å². The predicted molar refractivity (Wildman–Crippen MR) is 66.2 cm³/mol. The minimum absolute atomic E-state index is 0.0323. The van der Waals surface area contributed by atoms with Gasteiger partial charge in [-0.1, -0.05) is 6.92 Å². The first-order valence-electron chi connectivity index (χ1n) is 5.80. The molecule has 1 aliphatic carbocycles. The van der Waals surface area contributed by atoms with Crippen LogP contribution in [0, 0.1) is 25.7 Å². The summed E-state index contributed by atoms with van der Waals surface area (Å²) < 4.78 is 2.26. The van der Waals surface area contributed by atoms with Gasteiger partial charge in [0.1, 0.15) is 0 Å². The van der Waals surface area contributed by atoms with Crippen molar-refractivity contribution in [2.45, 2.75) is 33.7 Å². The molecular weight excluding hydrogens is 222 g/mol. The van der Waals surface area contributed by atoms with E-state index in [2.05, 4.69) is 18.4 Å². The van der Waals surface area contributed by atoms with Crippen molar-refractivity contribution in [3.63, 3.8) is 0 Å². The molecule has 0 aliphatic heterocycles. The number of ketones is 1. The molecule has 1 fully saturated rings. The monoisotopic (exact) mass is 239 g/mol. The highest BCUT2D eigenvalue weighted by atomic mass is 35.5. The van der Waals surface area contributed by atoms with Crippen LogP contribution in [-0.2, 0) is 6.54 Å². The second kappa shape index (κ2) is 4.25. The summed E-state index contributed by atoms with van der Waals surface area (Å²) >= 11 is 5.60.